The van der Waals surface area contributed by atoms with E-state index in [2.05, 4.69) is 51.2 Å². The Hall–Kier alpha value is -2.93. The summed E-state index contributed by atoms with van der Waals surface area (Å²) in [6.45, 7) is 8.24. The molecule has 0 aliphatic rings. The van der Waals surface area contributed by atoms with Gasteiger partial charge in [0.05, 0.1) is 17.9 Å². The summed E-state index contributed by atoms with van der Waals surface area (Å²) in [5, 5.41) is 11.3. The average molecular weight is 408 g/mol. The summed E-state index contributed by atoms with van der Waals surface area (Å²) in [5.41, 5.74) is 4.82. The Morgan fingerprint density at radius 1 is 1.17 bits per heavy atom. The van der Waals surface area contributed by atoms with Crippen LogP contribution in [0.4, 0.5) is 0 Å². The molecule has 1 N–H and O–H groups in total. The molecule has 0 aliphatic heterocycles. The molecule has 0 saturated carbocycles. The van der Waals surface area contributed by atoms with Crippen LogP contribution < -0.4 is 5.32 Å². The van der Waals surface area contributed by atoms with E-state index < -0.39 is 0 Å². The van der Waals surface area contributed by atoms with Crippen LogP contribution in [0.2, 0.25) is 0 Å². The molecule has 3 heterocycles. The van der Waals surface area contributed by atoms with E-state index in [0.29, 0.717) is 18.8 Å². The molecule has 4 aromatic rings. The van der Waals surface area contributed by atoms with E-state index in [4.69, 9.17) is 0 Å². The number of nitrogens with one attached hydrogen (secondary N) is 1. The molecule has 0 radical (unpaired) electrons. The van der Waals surface area contributed by atoms with Gasteiger partial charge in [0.25, 0.3) is 5.91 Å². The Morgan fingerprint density at radius 3 is 2.76 bits per heavy atom. The predicted molar refractivity (Wildman–Crippen MR) is 117 cm³/mol. The van der Waals surface area contributed by atoms with Crippen LogP contribution in [0.3, 0.4) is 0 Å². The Morgan fingerprint density at radius 2 is 2.00 bits per heavy atom. The average Bonchev–Trinajstić information content (AvgIpc) is 3.40. The lowest BCUT2D eigenvalue weighted by Crippen LogP contribution is -2.28. The van der Waals surface area contributed by atoms with E-state index in [1.54, 1.807) is 0 Å². The highest BCUT2D eigenvalue weighted by Gasteiger charge is 2.16. The second-order valence-corrected chi connectivity index (χ2v) is 8.04. The number of aromatic nitrogens is 4. The lowest BCUT2D eigenvalue weighted by molar-refractivity contribution is 0.0947. The molecular formula is C22H25N5OS. The first-order chi connectivity index (χ1) is 14.1. The lowest BCUT2D eigenvalue weighted by atomic mass is 10.2. The highest BCUT2D eigenvalue weighted by Crippen LogP contribution is 2.30. The second kappa shape index (κ2) is 8.21. The quantitative estimate of drug-likeness (QED) is 0.493. The number of para-hydroxylation sites is 1. The maximum atomic E-state index is 12.5. The molecule has 0 unspecified atom stereocenters. The number of thiazole rings is 1. The van der Waals surface area contributed by atoms with Gasteiger partial charge in [-0.3, -0.25) is 9.48 Å². The molecule has 29 heavy (non-hydrogen) atoms. The number of benzene rings is 1. The minimum atomic E-state index is -0.146. The van der Waals surface area contributed by atoms with E-state index in [1.807, 2.05) is 36.0 Å². The van der Waals surface area contributed by atoms with Gasteiger partial charge in [0.15, 0.2) is 0 Å². The number of amides is 1. The second-order valence-electron chi connectivity index (χ2n) is 7.18. The summed E-state index contributed by atoms with van der Waals surface area (Å²) in [6, 6.07) is 12.5. The maximum absolute atomic E-state index is 12.5. The number of hydrogen-bond acceptors (Lipinski definition) is 4. The largest absolute Gasteiger partial charge is 0.349 e. The van der Waals surface area contributed by atoms with E-state index in [9.17, 15) is 4.79 Å². The zero-order chi connectivity index (χ0) is 20.4. The number of rotatable bonds is 7. The first kappa shape index (κ1) is 19.4. The molecule has 0 spiro atoms. The SMILES string of the molecule is CCCn1c(-c2nc(C(=O)NCCn3nc(C)cc3C)cs2)cc2ccccc21. The standard InChI is InChI=1S/C22H25N5OS/c1-4-10-26-19-8-6-5-7-17(19)13-20(26)22-24-18(14-29-22)21(28)23-9-11-27-16(3)12-15(2)25-27/h5-8,12-14H,4,9-11H2,1-3H3,(H,23,28). The third kappa shape index (κ3) is 3.96. The molecule has 3 aromatic heterocycles. The van der Waals surface area contributed by atoms with Crippen LogP contribution in [0.5, 0.6) is 0 Å². The molecule has 7 heteroatoms. The highest BCUT2D eigenvalue weighted by molar-refractivity contribution is 7.13. The van der Waals surface area contributed by atoms with Crippen LogP contribution in [0.15, 0.2) is 41.8 Å². The predicted octanol–water partition coefficient (Wildman–Crippen LogP) is 4.42. The van der Waals surface area contributed by atoms with Gasteiger partial charge in [-0.2, -0.15) is 5.10 Å². The molecule has 1 amide bonds. The van der Waals surface area contributed by atoms with E-state index in [1.165, 1.54) is 22.2 Å². The summed E-state index contributed by atoms with van der Waals surface area (Å²) in [7, 11) is 0. The fourth-order valence-electron chi connectivity index (χ4n) is 3.61. The summed E-state index contributed by atoms with van der Waals surface area (Å²) in [6.07, 6.45) is 1.04. The van der Waals surface area contributed by atoms with E-state index in [-0.39, 0.29) is 5.91 Å². The lowest BCUT2D eigenvalue weighted by Gasteiger charge is -2.07. The van der Waals surface area contributed by atoms with Gasteiger partial charge < -0.3 is 9.88 Å². The van der Waals surface area contributed by atoms with Crippen molar-refractivity contribution >= 4 is 28.1 Å². The van der Waals surface area contributed by atoms with Gasteiger partial charge in [0, 0.05) is 35.1 Å². The number of aryl methyl sites for hydroxylation is 3. The van der Waals surface area contributed by atoms with Crippen LogP contribution in [-0.2, 0) is 13.1 Å². The fraction of sp³-hybridized carbons (Fsp3) is 0.318. The molecular weight excluding hydrogens is 382 g/mol. The number of carbonyl (C=O) groups is 1. The molecule has 150 valence electrons. The maximum Gasteiger partial charge on any atom is 0.270 e. The first-order valence-electron chi connectivity index (χ1n) is 9.90. The summed E-state index contributed by atoms with van der Waals surface area (Å²) >= 11 is 1.51. The monoisotopic (exact) mass is 407 g/mol. The van der Waals surface area contributed by atoms with Gasteiger partial charge in [-0.15, -0.1) is 11.3 Å². The van der Waals surface area contributed by atoms with Crippen LogP contribution in [0.25, 0.3) is 21.6 Å². The van der Waals surface area contributed by atoms with Crippen molar-refractivity contribution in [2.24, 2.45) is 0 Å². The van der Waals surface area contributed by atoms with Crippen molar-refractivity contribution < 1.29 is 4.79 Å². The Labute approximate surface area is 174 Å². The molecule has 0 aliphatic carbocycles. The fourth-order valence-corrected chi connectivity index (χ4v) is 4.44. The molecule has 0 atom stereocenters. The number of hydrogen-bond donors (Lipinski definition) is 1. The number of carbonyl (C=O) groups excluding carboxylic acids is 1. The summed E-state index contributed by atoms with van der Waals surface area (Å²) in [4.78, 5) is 17.2. The van der Waals surface area contributed by atoms with Gasteiger partial charge in [0.2, 0.25) is 0 Å². The van der Waals surface area contributed by atoms with Crippen LogP contribution in [0.1, 0.15) is 35.2 Å². The highest BCUT2D eigenvalue weighted by atomic mass is 32.1. The third-order valence-corrected chi connectivity index (χ3v) is 5.79. The van der Waals surface area contributed by atoms with Crippen LogP contribution >= 0.6 is 11.3 Å². The molecule has 1 aromatic carbocycles. The molecule has 4 rings (SSSR count). The zero-order valence-electron chi connectivity index (χ0n) is 17.0. The molecule has 0 saturated heterocycles. The van der Waals surface area contributed by atoms with Gasteiger partial charge in [-0.1, -0.05) is 25.1 Å². The van der Waals surface area contributed by atoms with Crippen molar-refractivity contribution in [2.45, 2.75) is 40.3 Å². The first-order valence-corrected chi connectivity index (χ1v) is 10.8. The molecule has 0 fully saturated rings. The third-order valence-electron chi connectivity index (χ3n) is 4.93. The van der Waals surface area contributed by atoms with Gasteiger partial charge in [-0.25, -0.2) is 4.98 Å². The Bertz CT molecular complexity index is 1150. The Kier molecular flexibility index (Phi) is 5.49. The topological polar surface area (TPSA) is 64.7 Å². The smallest absolute Gasteiger partial charge is 0.270 e. The number of nitrogens with zero attached hydrogens (tertiary/aromatic N) is 4. The summed E-state index contributed by atoms with van der Waals surface area (Å²) < 4.78 is 4.20. The van der Waals surface area contributed by atoms with Gasteiger partial charge in [0.1, 0.15) is 10.7 Å². The number of fused-ring (bicyclic) bond motifs is 1. The van der Waals surface area contributed by atoms with Crippen molar-refractivity contribution in [3.8, 4) is 10.7 Å². The summed E-state index contributed by atoms with van der Waals surface area (Å²) in [5.74, 6) is -0.146. The van der Waals surface area contributed by atoms with Crippen molar-refractivity contribution in [1.82, 2.24) is 24.6 Å². The van der Waals surface area contributed by atoms with E-state index >= 15 is 0 Å². The van der Waals surface area contributed by atoms with Crippen LogP contribution in [-0.4, -0.2) is 31.8 Å². The minimum absolute atomic E-state index is 0.146. The van der Waals surface area contributed by atoms with Crippen molar-refractivity contribution in [3.05, 3.63) is 58.9 Å². The minimum Gasteiger partial charge on any atom is -0.349 e. The normalized spacial score (nSPS) is 11.3. The van der Waals surface area contributed by atoms with Gasteiger partial charge in [-0.05, 0) is 38.5 Å². The zero-order valence-corrected chi connectivity index (χ0v) is 17.8. The van der Waals surface area contributed by atoms with E-state index in [0.717, 1.165) is 35.1 Å². The Balaban J connectivity index is 1.49. The molecule has 0 bridgehead atoms. The van der Waals surface area contributed by atoms with Crippen molar-refractivity contribution in [2.75, 3.05) is 6.54 Å². The van der Waals surface area contributed by atoms with Gasteiger partial charge >= 0.3 is 0 Å². The van der Waals surface area contributed by atoms with Crippen molar-refractivity contribution in [3.63, 3.8) is 0 Å². The molecule has 6 nitrogen and oxygen atoms in total. The van der Waals surface area contributed by atoms with Crippen molar-refractivity contribution in [1.29, 1.82) is 0 Å². The van der Waals surface area contributed by atoms with Crippen LogP contribution in [0, 0.1) is 13.8 Å².